The highest BCUT2D eigenvalue weighted by Gasteiger charge is 2.15. The van der Waals surface area contributed by atoms with Crippen LogP contribution >= 0.6 is 0 Å². The number of anilines is 1. The monoisotopic (exact) mass is 284 g/mol. The highest BCUT2D eigenvalue weighted by Crippen LogP contribution is 2.29. The number of aromatic nitrogens is 3. The van der Waals surface area contributed by atoms with Gasteiger partial charge in [-0.3, -0.25) is 0 Å². The van der Waals surface area contributed by atoms with Gasteiger partial charge in [0.2, 0.25) is 5.82 Å². The molecule has 0 saturated heterocycles. The van der Waals surface area contributed by atoms with Crippen molar-refractivity contribution in [2.45, 2.75) is 13.8 Å². The average molecular weight is 284 g/mol. The van der Waals surface area contributed by atoms with Crippen molar-refractivity contribution in [2.24, 2.45) is 0 Å². The molecular weight excluding hydrogens is 271 g/mol. The van der Waals surface area contributed by atoms with Gasteiger partial charge in [0.25, 0.3) is 5.89 Å². The van der Waals surface area contributed by atoms with Gasteiger partial charge in [-0.2, -0.15) is 4.98 Å². The van der Waals surface area contributed by atoms with Crippen molar-refractivity contribution in [1.82, 2.24) is 15.1 Å². The second-order valence-electron chi connectivity index (χ2n) is 4.83. The first-order valence-corrected chi connectivity index (χ1v) is 6.37. The highest BCUT2D eigenvalue weighted by molar-refractivity contribution is 5.74. The van der Waals surface area contributed by atoms with Gasteiger partial charge in [-0.1, -0.05) is 11.2 Å². The van der Waals surface area contributed by atoms with Gasteiger partial charge in [0.15, 0.2) is 0 Å². The van der Waals surface area contributed by atoms with E-state index in [2.05, 4.69) is 15.1 Å². The standard InChI is InChI=1S/C15H13FN4O/c1-8-5-9(2)13(17)11(6-8)15-19-14(20-21-15)12-4-3-10(16)7-18-12/h3-7H,17H2,1-2H3. The first-order chi connectivity index (χ1) is 10.0. The van der Waals surface area contributed by atoms with Crippen molar-refractivity contribution in [2.75, 3.05) is 5.73 Å². The predicted octanol–water partition coefficient (Wildman–Crippen LogP) is 3.14. The summed E-state index contributed by atoms with van der Waals surface area (Å²) in [5.41, 5.74) is 9.79. The average Bonchev–Trinajstić information content (AvgIpc) is 2.93. The third kappa shape index (κ3) is 2.47. The van der Waals surface area contributed by atoms with E-state index in [0.29, 0.717) is 28.7 Å². The number of hydrogen-bond acceptors (Lipinski definition) is 5. The number of aryl methyl sites for hydroxylation is 2. The smallest absolute Gasteiger partial charge is 0.260 e. The number of rotatable bonds is 2. The fraction of sp³-hybridized carbons (Fsp3) is 0.133. The zero-order chi connectivity index (χ0) is 15.0. The lowest BCUT2D eigenvalue weighted by atomic mass is 10.0. The van der Waals surface area contributed by atoms with Gasteiger partial charge in [-0.25, -0.2) is 9.37 Å². The van der Waals surface area contributed by atoms with E-state index in [-0.39, 0.29) is 0 Å². The van der Waals surface area contributed by atoms with E-state index in [0.717, 1.165) is 17.3 Å². The maximum atomic E-state index is 12.9. The van der Waals surface area contributed by atoms with Crippen LogP contribution in [0.2, 0.25) is 0 Å². The van der Waals surface area contributed by atoms with Gasteiger partial charge in [0.05, 0.1) is 11.8 Å². The molecule has 3 rings (SSSR count). The summed E-state index contributed by atoms with van der Waals surface area (Å²) in [6.45, 7) is 3.89. The van der Waals surface area contributed by atoms with Crippen LogP contribution in [0.15, 0.2) is 35.0 Å². The first kappa shape index (κ1) is 13.2. The molecule has 0 bridgehead atoms. The van der Waals surface area contributed by atoms with Gasteiger partial charge in [0, 0.05) is 5.69 Å². The Balaban J connectivity index is 2.04. The van der Waals surface area contributed by atoms with Gasteiger partial charge < -0.3 is 10.3 Å². The Morgan fingerprint density at radius 1 is 1.19 bits per heavy atom. The lowest BCUT2D eigenvalue weighted by Gasteiger charge is -2.06. The first-order valence-electron chi connectivity index (χ1n) is 6.37. The number of nitrogens with zero attached hydrogens (tertiary/aromatic N) is 3. The third-order valence-corrected chi connectivity index (χ3v) is 3.14. The number of nitrogens with two attached hydrogens (primary N) is 1. The Morgan fingerprint density at radius 2 is 2.00 bits per heavy atom. The molecule has 6 heteroatoms. The molecule has 0 radical (unpaired) electrons. The van der Waals surface area contributed by atoms with E-state index in [4.69, 9.17) is 10.3 Å². The number of halogens is 1. The Labute approximate surface area is 120 Å². The quantitative estimate of drug-likeness (QED) is 0.731. The minimum atomic E-state index is -0.416. The molecule has 1 aromatic carbocycles. The zero-order valence-electron chi connectivity index (χ0n) is 11.6. The van der Waals surface area contributed by atoms with Crippen LogP contribution in [0, 0.1) is 19.7 Å². The van der Waals surface area contributed by atoms with Crippen LogP contribution in [0.5, 0.6) is 0 Å². The van der Waals surface area contributed by atoms with E-state index in [1.165, 1.54) is 12.1 Å². The summed E-state index contributed by atoms with van der Waals surface area (Å²) in [5.74, 6) is 0.199. The molecular formula is C15H13FN4O. The molecule has 5 nitrogen and oxygen atoms in total. The number of hydrogen-bond donors (Lipinski definition) is 1. The molecule has 0 aliphatic rings. The molecule has 0 fully saturated rings. The van der Waals surface area contributed by atoms with Gasteiger partial charge in [0.1, 0.15) is 11.5 Å². The minimum absolute atomic E-state index is 0.295. The van der Waals surface area contributed by atoms with Gasteiger partial charge >= 0.3 is 0 Å². The van der Waals surface area contributed by atoms with Crippen LogP contribution in [-0.2, 0) is 0 Å². The molecule has 0 aliphatic carbocycles. The van der Waals surface area contributed by atoms with E-state index in [9.17, 15) is 4.39 Å². The number of pyridine rings is 1. The summed E-state index contributed by atoms with van der Waals surface area (Å²) < 4.78 is 18.1. The molecule has 0 atom stereocenters. The van der Waals surface area contributed by atoms with E-state index in [1.54, 1.807) is 0 Å². The summed E-state index contributed by atoms with van der Waals surface area (Å²) in [6, 6.07) is 6.66. The van der Waals surface area contributed by atoms with Crippen LogP contribution in [0.4, 0.5) is 10.1 Å². The third-order valence-electron chi connectivity index (χ3n) is 3.14. The summed E-state index contributed by atoms with van der Waals surface area (Å²) >= 11 is 0. The Bertz CT molecular complexity index is 796. The van der Waals surface area contributed by atoms with Crippen LogP contribution in [-0.4, -0.2) is 15.1 Å². The molecule has 0 unspecified atom stereocenters. The van der Waals surface area contributed by atoms with Crippen molar-refractivity contribution in [3.8, 4) is 23.0 Å². The Hall–Kier alpha value is -2.76. The molecule has 21 heavy (non-hydrogen) atoms. The van der Waals surface area contributed by atoms with Crippen molar-refractivity contribution in [1.29, 1.82) is 0 Å². The Kier molecular flexibility index (Phi) is 3.13. The van der Waals surface area contributed by atoms with Crippen LogP contribution in [0.3, 0.4) is 0 Å². The van der Waals surface area contributed by atoms with Crippen LogP contribution in [0.25, 0.3) is 23.0 Å². The SMILES string of the molecule is Cc1cc(C)c(N)c(-c2nc(-c3ccc(F)cn3)no2)c1. The summed E-state index contributed by atoms with van der Waals surface area (Å²) in [5, 5.41) is 3.87. The van der Waals surface area contributed by atoms with Gasteiger partial charge in [-0.05, 0) is 43.2 Å². The fourth-order valence-corrected chi connectivity index (χ4v) is 2.10. The molecule has 0 aliphatic heterocycles. The van der Waals surface area contributed by atoms with Crippen molar-refractivity contribution in [3.63, 3.8) is 0 Å². The summed E-state index contributed by atoms with van der Waals surface area (Å²) in [4.78, 5) is 8.20. The van der Waals surface area contributed by atoms with Crippen molar-refractivity contribution < 1.29 is 8.91 Å². The second-order valence-corrected chi connectivity index (χ2v) is 4.83. The largest absolute Gasteiger partial charge is 0.398 e. The van der Waals surface area contributed by atoms with Gasteiger partial charge in [-0.15, -0.1) is 0 Å². The highest BCUT2D eigenvalue weighted by atomic mass is 19.1. The topological polar surface area (TPSA) is 77.8 Å². The van der Waals surface area contributed by atoms with Crippen LogP contribution in [0.1, 0.15) is 11.1 Å². The van der Waals surface area contributed by atoms with E-state index >= 15 is 0 Å². The minimum Gasteiger partial charge on any atom is -0.398 e. The summed E-state index contributed by atoms with van der Waals surface area (Å²) in [6.07, 6.45) is 1.11. The molecule has 106 valence electrons. The maximum absolute atomic E-state index is 12.9. The predicted molar refractivity (Wildman–Crippen MR) is 76.8 cm³/mol. The Morgan fingerprint density at radius 3 is 2.71 bits per heavy atom. The van der Waals surface area contributed by atoms with E-state index < -0.39 is 5.82 Å². The van der Waals surface area contributed by atoms with Crippen LogP contribution < -0.4 is 5.73 Å². The molecule has 2 aromatic heterocycles. The molecule has 2 heterocycles. The normalized spacial score (nSPS) is 10.8. The maximum Gasteiger partial charge on any atom is 0.260 e. The number of nitrogen functional groups attached to an aromatic ring is 1. The second kappa shape index (κ2) is 4.97. The number of benzene rings is 1. The molecule has 0 amide bonds. The van der Waals surface area contributed by atoms with E-state index in [1.807, 2.05) is 26.0 Å². The molecule has 0 spiro atoms. The van der Waals surface area contributed by atoms with Crippen molar-refractivity contribution >= 4 is 5.69 Å². The lowest BCUT2D eigenvalue weighted by molar-refractivity contribution is 0.432. The summed E-state index contributed by atoms with van der Waals surface area (Å²) in [7, 11) is 0. The molecule has 3 aromatic rings. The molecule has 2 N–H and O–H groups in total. The lowest BCUT2D eigenvalue weighted by Crippen LogP contribution is -1.95. The zero-order valence-corrected chi connectivity index (χ0v) is 11.6. The fourth-order valence-electron chi connectivity index (χ4n) is 2.10. The molecule has 0 saturated carbocycles. The van der Waals surface area contributed by atoms with Crippen molar-refractivity contribution in [3.05, 3.63) is 47.4 Å².